The molecule has 0 aromatic heterocycles. The molecule has 1 heterocycles. The molecule has 1 aliphatic heterocycles. The predicted molar refractivity (Wildman–Crippen MR) is 87.6 cm³/mol. The Morgan fingerprint density at radius 2 is 2.08 bits per heavy atom. The molecule has 0 amide bonds. The number of benzene rings is 1. The van der Waals surface area contributed by atoms with Crippen LogP contribution in [0.1, 0.15) is 29.6 Å². The Labute approximate surface area is 146 Å². The van der Waals surface area contributed by atoms with E-state index in [1.807, 2.05) is 6.92 Å². The third-order valence-electron chi connectivity index (χ3n) is 4.29. The molecule has 0 saturated carbocycles. The monoisotopic (exact) mass is 348 g/mol. The van der Waals surface area contributed by atoms with E-state index in [9.17, 15) is 18.2 Å². The molecule has 0 spiro atoms. The van der Waals surface area contributed by atoms with Gasteiger partial charge in [0.1, 0.15) is 0 Å². The van der Waals surface area contributed by atoms with Crippen LogP contribution in [0.5, 0.6) is 0 Å². The zero-order valence-electron chi connectivity index (χ0n) is 17.7. The summed E-state index contributed by atoms with van der Waals surface area (Å²) in [6.07, 6.45) is -4.51. The molecular weight excluding hydrogens is 320 g/mol. The van der Waals surface area contributed by atoms with Crippen molar-refractivity contribution in [3.63, 3.8) is 0 Å². The maximum Gasteiger partial charge on any atom is 0.416 e. The number of piperazine rings is 1. The van der Waals surface area contributed by atoms with Crippen molar-refractivity contribution in [1.29, 1.82) is 0 Å². The van der Waals surface area contributed by atoms with Crippen LogP contribution >= 0.6 is 0 Å². The normalized spacial score (nSPS) is 26.0. The molecule has 24 heavy (non-hydrogen) atoms. The summed E-state index contributed by atoms with van der Waals surface area (Å²) in [6, 6.07) is 2.18. The Kier molecular flexibility index (Phi) is 4.63. The van der Waals surface area contributed by atoms with Gasteiger partial charge in [-0.2, -0.15) is 13.2 Å². The van der Waals surface area contributed by atoms with Crippen molar-refractivity contribution in [1.82, 2.24) is 9.71 Å². The highest BCUT2D eigenvalue weighted by Gasteiger charge is 2.34. The van der Waals surface area contributed by atoms with Gasteiger partial charge in [0.05, 0.1) is 23.7 Å². The first-order valence-corrected chi connectivity index (χ1v) is 7.74. The number of methoxy groups -OCH3 is 1. The lowest BCUT2D eigenvalue weighted by Crippen LogP contribution is -2.57. The fraction of sp³-hybridized carbons (Fsp3) is 0.625. The molecule has 1 aromatic rings. The van der Waals surface area contributed by atoms with E-state index in [0.717, 1.165) is 12.1 Å². The highest BCUT2D eigenvalue weighted by Crippen LogP contribution is 2.32. The van der Waals surface area contributed by atoms with Crippen molar-refractivity contribution in [3.05, 3.63) is 35.4 Å². The van der Waals surface area contributed by atoms with E-state index in [0.29, 0.717) is 19.6 Å². The van der Waals surface area contributed by atoms with Gasteiger partial charge < -0.3 is 14.6 Å². The van der Waals surface area contributed by atoms with E-state index in [1.54, 1.807) is 16.5 Å². The molecule has 0 aliphatic carbocycles. The number of rotatable bonds is 5. The second-order valence-corrected chi connectivity index (χ2v) is 5.98. The summed E-state index contributed by atoms with van der Waals surface area (Å²) in [5, 5.41) is 9.77. The topological polar surface area (TPSA) is 35.9 Å². The van der Waals surface area contributed by atoms with Crippen LogP contribution < -0.4 is 0 Å². The van der Waals surface area contributed by atoms with Gasteiger partial charge in [-0.1, -0.05) is 12.1 Å². The van der Waals surface area contributed by atoms with Crippen LogP contribution in [0.15, 0.2) is 24.3 Å². The molecule has 1 aliphatic rings. The summed E-state index contributed by atoms with van der Waals surface area (Å²) in [5.74, 6) is 0. The lowest BCUT2D eigenvalue weighted by atomic mass is 9.83. The first-order valence-electron chi connectivity index (χ1n) is 9.74. The van der Waals surface area contributed by atoms with Crippen molar-refractivity contribution in [2.24, 2.45) is 0 Å². The summed E-state index contributed by atoms with van der Waals surface area (Å²) in [6.45, 7) is 4.08. The van der Waals surface area contributed by atoms with Crippen LogP contribution in [0.3, 0.4) is 0 Å². The number of alkyl halides is 3. The molecule has 1 aromatic carbocycles. The number of hydrogen-bond acceptors (Lipinski definition) is 4. The molecule has 2 rings (SSSR count). The van der Waals surface area contributed by atoms with Crippen molar-refractivity contribution < 1.29 is 28.4 Å². The molecule has 134 valence electrons. The number of halogens is 3. The molecule has 1 N–H and O–H groups in total. The maximum atomic E-state index is 12.9. The predicted octanol–water partition coefficient (Wildman–Crippen LogP) is 2.51. The van der Waals surface area contributed by atoms with Crippen LogP contribution in [0, 0.1) is 0 Å². The molecular formula is C16H24BF3N2O2. The molecule has 0 unspecified atom stereocenters. The lowest BCUT2D eigenvalue weighted by Gasteiger charge is -2.44. The standard InChI is InChI=1S/C16H24BF3N2O2/c1-12-10-21(17(2)23)8-9-22(12)15(11-24-3)13-4-6-14(7-5-13)16(18,19)20/h4-7,12,15,23H,8-11H2,1-3H3/t12-,15+/m0/s1/i3D3,15D. The molecule has 1 saturated heterocycles. The van der Waals surface area contributed by atoms with E-state index in [4.69, 9.17) is 10.2 Å². The Balaban J connectivity index is 2.35. The second-order valence-electron chi connectivity index (χ2n) is 5.98. The maximum absolute atomic E-state index is 12.9. The summed E-state index contributed by atoms with van der Waals surface area (Å²) >= 11 is 0. The summed E-state index contributed by atoms with van der Waals surface area (Å²) in [4.78, 5) is 3.50. The van der Waals surface area contributed by atoms with Crippen LogP contribution in [-0.4, -0.2) is 61.1 Å². The average molecular weight is 348 g/mol. The Morgan fingerprint density at radius 3 is 2.58 bits per heavy atom. The van der Waals surface area contributed by atoms with E-state index in [-0.39, 0.29) is 11.6 Å². The molecule has 0 radical (unpaired) electrons. The van der Waals surface area contributed by atoms with E-state index in [1.165, 1.54) is 12.1 Å². The first-order chi connectivity index (χ1) is 12.7. The van der Waals surface area contributed by atoms with Crippen molar-refractivity contribution in [2.75, 3.05) is 33.3 Å². The van der Waals surface area contributed by atoms with Crippen LogP contribution in [0.2, 0.25) is 6.82 Å². The molecule has 1 fully saturated rings. The van der Waals surface area contributed by atoms with Crippen LogP contribution in [0.25, 0.3) is 0 Å². The van der Waals surface area contributed by atoms with Crippen molar-refractivity contribution in [2.45, 2.75) is 32.0 Å². The molecule has 2 atom stereocenters. The summed E-state index contributed by atoms with van der Waals surface area (Å²) in [7, 11) is -3.41. The quantitative estimate of drug-likeness (QED) is 0.830. The van der Waals surface area contributed by atoms with Gasteiger partial charge >= 0.3 is 13.2 Å². The fourth-order valence-corrected chi connectivity index (χ4v) is 2.98. The zero-order valence-corrected chi connectivity index (χ0v) is 13.7. The van der Waals surface area contributed by atoms with Crippen LogP contribution in [-0.2, 0) is 10.9 Å². The Bertz CT molecular complexity index is 661. The van der Waals surface area contributed by atoms with Crippen molar-refractivity contribution >= 4 is 7.05 Å². The van der Waals surface area contributed by atoms with Gasteiger partial charge in [-0.25, -0.2) is 0 Å². The van der Waals surface area contributed by atoms with E-state index >= 15 is 0 Å². The van der Waals surface area contributed by atoms with Gasteiger partial charge in [-0.05, 0) is 31.4 Å². The average Bonchev–Trinajstić information content (AvgIpc) is 2.58. The molecule has 4 nitrogen and oxygen atoms in total. The third kappa shape index (κ3) is 4.50. The minimum absolute atomic E-state index is 0.210. The Morgan fingerprint density at radius 1 is 1.42 bits per heavy atom. The third-order valence-corrected chi connectivity index (χ3v) is 4.29. The van der Waals surface area contributed by atoms with Gasteiger partial charge in [0, 0.05) is 32.7 Å². The summed E-state index contributed by atoms with van der Waals surface area (Å²) < 4.78 is 74.3. The minimum atomic E-state index is -4.51. The van der Waals surface area contributed by atoms with Crippen molar-refractivity contribution in [3.8, 4) is 0 Å². The number of hydrogen-bond donors (Lipinski definition) is 1. The summed E-state index contributed by atoms with van der Waals surface area (Å²) in [5.41, 5.74) is -0.635. The van der Waals surface area contributed by atoms with E-state index in [2.05, 4.69) is 0 Å². The van der Waals surface area contributed by atoms with E-state index < -0.39 is 38.5 Å². The fourth-order valence-electron chi connectivity index (χ4n) is 2.98. The SMILES string of the molecule is [2H]C([2H])([2H])OC[C@]([2H])(c1ccc(C(F)(F)F)cc1)N1CCN(B(C)O)C[C@@H]1C. The van der Waals surface area contributed by atoms with Gasteiger partial charge in [-0.15, -0.1) is 0 Å². The largest absolute Gasteiger partial charge is 0.437 e. The van der Waals surface area contributed by atoms with Gasteiger partial charge in [-0.3, -0.25) is 4.90 Å². The molecule has 8 heteroatoms. The zero-order chi connectivity index (χ0) is 21.3. The van der Waals surface area contributed by atoms with Gasteiger partial charge in [0.15, 0.2) is 0 Å². The van der Waals surface area contributed by atoms with Crippen LogP contribution in [0.4, 0.5) is 13.2 Å². The van der Waals surface area contributed by atoms with Gasteiger partial charge in [0.25, 0.3) is 0 Å². The first kappa shape index (κ1) is 14.1. The number of nitrogens with zero attached hydrogens (tertiary/aromatic N) is 2. The Hall–Kier alpha value is -1.09. The molecule has 0 bridgehead atoms. The van der Waals surface area contributed by atoms with Gasteiger partial charge in [0.2, 0.25) is 0 Å². The second kappa shape index (κ2) is 7.86. The number of ether oxygens (including phenoxy) is 1. The highest BCUT2D eigenvalue weighted by atomic mass is 19.4. The highest BCUT2D eigenvalue weighted by molar-refractivity contribution is 6.45. The smallest absolute Gasteiger partial charge is 0.416 e. The lowest BCUT2D eigenvalue weighted by molar-refractivity contribution is -0.137. The minimum Gasteiger partial charge on any atom is -0.437 e.